The molecule has 2 aromatic carbocycles. The van der Waals surface area contributed by atoms with Crippen LogP contribution in [0.15, 0.2) is 48.5 Å². The predicted molar refractivity (Wildman–Crippen MR) is 143 cm³/mol. The lowest BCUT2D eigenvalue weighted by atomic mass is 10.0. The molecule has 2 amide bonds. The van der Waals surface area contributed by atoms with Crippen molar-refractivity contribution in [2.24, 2.45) is 11.8 Å². The number of benzene rings is 2. The van der Waals surface area contributed by atoms with Gasteiger partial charge in [0.1, 0.15) is 13.2 Å². The number of ether oxygens (including phenoxy) is 2. The fraction of sp³-hybridized carbons (Fsp3) is 0.423. The fourth-order valence-corrected chi connectivity index (χ4v) is 6.37. The minimum Gasteiger partial charge on any atom is -0.445 e. The molecule has 2 unspecified atom stereocenters. The molecule has 2 fully saturated rings. The number of carbonyl (C=O) groups excluding carboxylic acids is 3. The number of alkyl carbamates (subject to hydrolysis) is 1. The van der Waals surface area contributed by atoms with Crippen molar-refractivity contribution in [2.75, 3.05) is 19.6 Å². The maximum Gasteiger partial charge on any atom is 0.410 e. The highest BCUT2D eigenvalue weighted by Gasteiger charge is 2.61. The molecule has 14 heteroatoms. The molecule has 1 aliphatic carbocycles. The maximum atomic E-state index is 12.7. The van der Waals surface area contributed by atoms with Crippen molar-refractivity contribution >= 4 is 40.4 Å². The van der Waals surface area contributed by atoms with E-state index < -0.39 is 26.8 Å². The molecular weight excluding hydrogens is 544 g/mol. The number of likely N-dealkylation sites (tertiary alicyclic amines) is 1. The van der Waals surface area contributed by atoms with E-state index >= 15 is 0 Å². The first-order valence-corrected chi connectivity index (χ1v) is 13.4. The summed E-state index contributed by atoms with van der Waals surface area (Å²) in [6.07, 6.45) is 0.272. The zero-order chi connectivity index (χ0) is 28.9. The van der Waals surface area contributed by atoms with Gasteiger partial charge in [0, 0.05) is 55.6 Å². The third kappa shape index (κ3) is 7.05. The summed E-state index contributed by atoms with van der Waals surface area (Å²) in [5.41, 5.74) is 1.15. The number of carbonyl (C=O) groups is 3. The molecule has 13 nitrogen and oxygen atoms in total. The summed E-state index contributed by atoms with van der Waals surface area (Å²) in [4.78, 5) is 59.1. The van der Waals surface area contributed by atoms with Gasteiger partial charge in [-0.25, -0.2) is 9.59 Å². The van der Waals surface area contributed by atoms with Crippen LogP contribution >= 0.6 is 11.8 Å². The van der Waals surface area contributed by atoms with Gasteiger partial charge >= 0.3 is 12.2 Å². The SMILES string of the molecule is CC(=O)SC1([C@H]2CCN(C(=O)OCc3ccc([N+](=O)[O-])cc3)C2)CC1CNC(=O)OCc1ccc([N+](=O)[O-])cc1. The number of hydrogen-bond acceptors (Lipinski definition) is 10. The second-order valence-corrected chi connectivity index (χ2v) is 11.3. The molecule has 0 aromatic heterocycles. The van der Waals surface area contributed by atoms with Crippen molar-refractivity contribution in [3.8, 4) is 0 Å². The number of nitrogens with one attached hydrogen (secondary N) is 1. The zero-order valence-corrected chi connectivity index (χ0v) is 22.5. The average Bonchev–Trinajstić information content (AvgIpc) is 3.37. The molecule has 0 radical (unpaired) electrons. The molecule has 1 N–H and O–H groups in total. The van der Waals surface area contributed by atoms with E-state index in [4.69, 9.17) is 9.47 Å². The molecule has 40 heavy (non-hydrogen) atoms. The number of nitro benzene ring substituents is 2. The number of nitrogens with zero attached hydrogens (tertiary/aromatic N) is 3. The van der Waals surface area contributed by atoms with Crippen molar-refractivity contribution in [2.45, 2.75) is 37.7 Å². The summed E-state index contributed by atoms with van der Waals surface area (Å²) in [6, 6.07) is 11.5. The first-order valence-electron chi connectivity index (χ1n) is 12.6. The van der Waals surface area contributed by atoms with Crippen LogP contribution in [0.4, 0.5) is 21.0 Å². The largest absolute Gasteiger partial charge is 0.445 e. The molecular formula is C26H28N4O9S. The lowest BCUT2D eigenvalue weighted by Crippen LogP contribution is -2.34. The standard InChI is InChI=1S/C26H28N4O9S/c1-17(31)40-26(12-21(26)13-27-24(32)38-15-18-2-6-22(7-3-18)29(34)35)20-10-11-28(14-20)25(33)39-16-19-4-8-23(9-5-19)30(36)37/h2-9,20-21H,10-16H2,1H3,(H,27,32)/t20-,21?,26?/m0/s1. The number of thioether (sulfide) groups is 1. The molecule has 1 saturated carbocycles. The third-order valence-electron chi connectivity index (χ3n) is 7.09. The van der Waals surface area contributed by atoms with E-state index in [0.717, 1.165) is 0 Å². The van der Waals surface area contributed by atoms with Crippen LogP contribution in [0.3, 0.4) is 0 Å². The molecule has 212 valence electrons. The molecule has 4 rings (SSSR count). The van der Waals surface area contributed by atoms with Crippen molar-refractivity contribution < 1.29 is 33.7 Å². The van der Waals surface area contributed by atoms with Crippen LogP contribution in [0, 0.1) is 32.1 Å². The van der Waals surface area contributed by atoms with Gasteiger partial charge in [-0.05, 0) is 60.1 Å². The molecule has 2 aliphatic rings. The molecule has 1 heterocycles. The van der Waals surface area contributed by atoms with Gasteiger partial charge in [-0.15, -0.1) is 0 Å². The van der Waals surface area contributed by atoms with Gasteiger partial charge in [-0.1, -0.05) is 11.8 Å². The molecule has 0 bridgehead atoms. The Hall–Kier alpha value is -4.20. The highest BCUT2D eigenvalue weighted by Crippen LogP contribution is 2.61. The van der Waals surface area contributed by atoms with E-state index in [1.54, 1.807) is 4.90 Å². The van der Waals surface area contributed by atoms with E-state index in [-0.39, 0.29) is 41.5 Å². The summed E-state index contributed by atoms with van der Waals surface area (Å²) >= 11 is 1.25. The average molecular weight is 573 g/mol. The van der Waals surface area contributed by atoms with Crippen LogP contribution in [0.5, 0.6) is 0 Å². The Bertz CT molecular complexity index is 1290. The summed E-state index contributed by atoms with van der Waals surface area (Å²) in [6.45, 7) is 2.64. The Labute approximate surface area is 233 Å². The quantitative estimate of drug-likeness (QED) is 0.317. The molecule has 0 spiro atoms. The Balaban J connectivity index is 1.24. The summed E-state index contributed by atoms with van der Waals surface area (Å²) in [7, 11) is 0. The first-order chi connectivity index (χ1) is 19.1. The number of amides is 2. The summed E-state index contributed by atoms with van der Waals surface area (Å²) in [5, 5.41) is 24.2. The second-order valence-electron chi connectivity index (χ2n) is 9.74. The number of nitro groups is 2. The van der Waals surface area contributed by atoms with Crippen LogP contribution in [-0.2, 0) is 27.5 Å². The van der Waals surface area contributed by atoms with Gasteiger partial charge < -0.3 is 19.7 Å². The van der Waals surface area contributed by atoms with Crippen LogP contribution in [0.1, 0.15) is 30.9 Å². The van der Waals surface area contributed by atoms with Crippen molar-refractivity contribution in [3.05, 3.63) is 79.9 Å². The zero-order valence-electron chi connectivity index (χ0n) is 21.6. The first kappa shape index (κ1) is 28.8. The Kier molecular flexibility index (Phi) is 8.87. The summed E-state index contributed by atoms with van der Waals surface area (Å²) in [5.74, 6) is 0.0608. The third-order valence-corrected chi connectivity index (χ3v) is 8.59. The predicted octanol–water partition coefficient (Wildman–Crippen LogP) is 4.43. The molecule has 1 saturated heterocycles. The van der Waals surface area contributed by atoms with Gasteiger partial charge in [-0.2, -0.15) is 0 Å². The summed E-state index contributed by atoms with van der Waals surface area (Å²) < 4.78 is 10.2. The normalized spacial score (nSPS) is 21.4. The van der Waals surface area contributed by atoms with Gasteiger partial charge in [-0.3, -0.25) is 25.0 Å². The minimum absolute atomic E-state index is 0.0140. The van der Waals surface area contributed by atoms with Crippen LogP contribution in [-0.4, -0.2) is 56.4 Å². The monoisotopic (exact) mass is 572 g/mol. The van der Waals surface area contributed by atoms with Gasteiger partial charge in [0.05, 0.1) is 9.85 Å². The number of non-ortho nitro benzene ring substituents is 2. The maximum absolute atomic E-state index is 12.7. The number of hydrogen-bond donors (Lipinski definition) is 1. The topological polar surface area (TPSA) is 171 Å². The lowest BCUT2D eigenvalue weighted by Gasteiger charge is -2.24. The Morgan fingerprint density at radius 2 is 1.52 bits per heavy atom. The van der Waals surface area contributed by atoms with E-state index in [2.05, 4.69) is 5.32 Å². The van der Waals surface area contributed by atoms with E-state index in [1.165, 1.54) is 67.2 Å². The fourth-order valence-electron chi connectivity index (χ4n) is 4.94. The van der Waals surface area contributed by atoms with Gasteiger partial charge in [0.2, 0.25) is 0 Å². The molecule has 2 aromatic rings. The van der Waals surface area contributed by atoms with E-state index in [9.17, 15) is 34.6 Å². The Morgan fingerprint density at radius 1 is 0.975 bits per heavy atom. The molecule has 3 atom stereocenters. The lowest BCUT2D eigenvalue weighted by molar-refractivity contribution is -0.385. The molecule has 1 aliphatic heterocycles. The number of rotatable bonds is 10. The highest BCUT2D eigenvalue weighted by molar-refractivity contribution is 8.15. The minimum atomic E-state index is -0.630. The van der Waals surface area contributed by atoms with Crippen molar-refractivity contribution in [1.29, 1.82) is 0 Å². The smallest absolute Gasteiger partial charge is 0.410 e. The second kappa shape index (κ2) is 12.3. The van der Waals surface area contributed by atoms with Crippen LogP contribution < -0.4 is 5.32 Å². The Morgan fingerprint density at radius 3 is 2.05 bits per heavy atom. The van der Waals surface area contributed by atoms with Crippen molar-refractivity contribution in [3.63, 3.8) is 0 Å². The van der Waals surface area contributed by atoms with Gasteiger partial charge in [0.15, 0.2) is 5.12 Å². The van der Waals surface area contributed by atoms with Crippen LogP contribution in [0.2, 0.25) is 0 Å². The van der Waals surface area contributed by atoms with Gasteiger partial charge in [0.25, 0.3) is 11.4 Å². The highest BCUT2D eigenvalue weighted by atomic mass is 32.2. The van der Waals surface area contributed by atoms with E-state index in [0.29, 0.717) is 43.6 Å². The van der Waals surface area contributed by atoms with E-state index in [1.807, 2.05) is 0 Å². The van der Waals surface area contributed by atoms with Crippen LogP contribution in [0.25, 0.3) is 0 Å². The van der Waals surface area contributed by atoms with Crippen molar-refractivity contribution in [1.82, 2.24) is 10.2 Å².